The highest BCUT2D eigenvalue weighted by atomic mass is 16.6. The molecule has 1 fully saturated rings. The van der Waals surface area contributed by atoms with Gasteiger partial charge in [0.05, 0.1) is 6.61 Å². The van der Waals surface area contributed by atoms with E-state index in [0.29, 0.717) is 25.7 Å². The number of guanidine groups is 1. The van der Waals surface area contributed by atoms with Crippen molar-refractivity contribution >= 4 is 12.1 Å². The number of ether oxygens (including phenoxy) is 1. The van der Waals surface area contributed by atoms with E-state index < -0.39 is 0 Å². The van der Waals surface area contributed by atoms with Crippen molar-refractivity contribution in [2.75, 3.05) is 33.3 Å². The van der Waals surface area contributed by atoms with Crippen molar-refractivity contribution in [2.24, 2.45) is 4.99 Å². The molecule has 25 heavy (non-hydrogen) atoms. The van der Waals surface area contributed by atoms with Gasteiger partial charge in [0.2, 0.25) is 0 Å². The van der Waals surface area contributed by atoms with Gasteiger partial charge in [-0.3, -0.25) is 4.99 Å². The fourth-order valence-corrected chi connectivity index (χ4v) is 2.77. The van der Waals surface area contributed by atoms with E-state index in [9.17, 15) is 4.79 Å². The van der Waals surface area contributed by atoms with E-state index >= 15 is 0 Å². The van der Waals surface area contributed by atoms with E-state index in [-0.39, 0.29) is 6.09 Å². The molecule has 0 spiro atoms. The lowest BCUT2D eigenvalue weighted by atomic mass is 10.1. The molecule has 2 heterocycles. The van der Waals surface area contributed by atoms with Gasteiger partial charge in [0.15, 0.2) is 5.96 Å². The summed E-state index contributed by atoms with van der Waals surface area (Å²) in [5.41, 5.74) is 0. The molecule has 0 unspecified atom stereocenters. The fourth-order valence-electron chi connectivity index (χ4n) is 2.77. The van der Waals surface area contributed by atoms with Crippen LogP contribution in [0.3, 0.4) is 0 Å². The van der Waals surface area contributed by atoms with Crippen LogP contribution in [0.5, 0.6) is 0 Å². The molecule has 2 N–H and O–H groups in total. The molecule has 0 aliphatic carbocycles. The second-order valence-corrected chi connectivity index (χ2v) is 6.01. The summed E-state index contributed by atoms with van der Waals surface area (Å²) in [4.78, 5) is 17.8. The number of carbonyl (C=O) groups is 1. The van der Waals surface area contributed by atoms with Gasteiger partial charge >= 0.3 is 6.09 Å². The molecule has 0 aromatic carbocycles. The molecule has 140 valence electrons. The number of amides is 1. The molecule has 9 heteroatoms. The molecule has 0 bridgehead atoms. The smallest absolute Gasteiger partial charge is 0.409 e. The Kier molecular flexibility index (Phi) is 8.00. The van der Waals surface area contributed by atoms with Crippen LogP contribution < -0.4 is 10.6 Å². The second-order valence-electron chi connectivity index (χ2n) is 6.01. The summed E-state index contributed by atoms with van der Waals surface area (Å²) in [7, 11) is 1.78. The van der Waals surface area contributed by atoms with Gasteiger partial charge in [-0.25, -0.2) is 4.79 Å². The zero-order valence-corrected chi connectivity index (χ0v) is 15.1. The van der Waals surface area contributed by atoms with Crippen molar-refractivity contribution in [3.8, 4) is 0 Å². The number of piperidine rings is 1. The maximum Gasteiger partial charge on any atom is 0.409 e. The Bertz CT molecular complexity index is 525. The number of likely N-dealkylation sites (tertiary alicyclic amines) is 1. The third-order valence-corrected chi connectivity index (χ3v) is 4.19. The number of hydrogen-bond donors (Lipinski definition) is 2. The first-order chi connectivity index (χ1) is 12.2. The molecule has 9 nitrogen and oxygen atoms in total. The molecule has 0 saturated carbocycles. The molecule has 1 saturated heterocycles. The first-order valence-electron chi connectivity index (χ1n) is 8.94. The quantitative estimate of drug-likeness (QED) is 0.429. The molecular formula is C16H29N7O2. The Morgan fingerprint density at radius 1 is 1.28 bits per heavy atom. The Labute approximate surface area is 148 Å². The molecule has 1 aromatic heterocycles. The van der Waals surface area contributed by atoms with Crippen LogP contribution in [0.2, 0.25) is 0 Å². The van der Waals surface area contributed by atoms with Crippen molar-refractivity contribution in [1.82, 2.24) is 30.3 Å². The van der Waals surface area contributed by atoms with Crippen molar-refractivity contribution < 1.29 is 9.53 Å². The number of carbonyl (C=O) groups excluding carboxylic acids is 1. The molecule has 0 atom stereocenters. The lowest BCUT2D eigenvalue weighted by Crippen LogP contribution is -2.50. The Morgan fingerprint density at radius 2 is 2.00 bits per heavy atom. The zero-order chi connectivity index (χ0) is 17.9. The van der Waals surface area contributed by atoms with Gasteiger partial charge in [0, 0.05) is 39.3 Å². The van der Waals surface area contributed by atoms with Crippen molar-refractivity contribution in [1.29, 1.82) is 0 Å². The van der Waals surface area contributed by atoms with Crippen molar-refractivity contribution in [3.05, 3.63) is 12.7 Å². The monoisotopic (exact) mass is 351 g/mol. The molecular weight excluding hydrogens is 322 g/mol. The number of aliphatic imine (C=N–C) groups is 1. The number of nitrogens with zero attached hydrogens (tertiary/aromatic N) is 5. The van der Waals surface area contributed by atoms with Crippen LogP contribution >= 0.6 is 0 Å². The summed E-state index contributed by atoms with van der Waals surface area (Å²) in [6, 6.07) is 0.328. The maximum atomic E-state index is 11.7. The minimum atomic E-state index is -0.212. The SMILES string of the molecule is CCOC(=O)N1CCC(NC(=NC)NCCCCn2cnnc2)CC1. The Balaban J connectivity index is 1.59. The first kappa shape index (κ1) is 19.0. The molecule has 1 aliphatic heterocycles. The molecule has 1 amide bonds. The summed E-state index contributed by atoms with van der Waals surface area (Å²) >= 11 is 0. The van der Waals surface area contributed by atoms with Crippen LogP contribution in [-0.4, -0.2) is 71.0 Å². The molecule has 1 aromatic rings. The van der Waals surface area contributed by atoms with Crippen LogP contribution in [0.25, 0.3) is 0 Å². The normalized spacial score (nSPS) is 15.9. The highest BCUT2D eigenvalue weighted by molar-refractivity contribution is 5.80. The summed E-state index contributed by atoms with van der Waals surface area (Å²) in [5, 5.41) is 14.4. The van der Waals surface area contributed by atoms with E-state index in [1.807, 2.05) is 11.5 Å². The highest BCUT2D eigenvalue weighted by Crippen LogP contribution is 2.11. The fraction of sp³-hybridized carbons (Fsp3) is 0.750. The topological polar surface area (TPSA) is 96.7 Å². The summed E-state index contributed by atoms with van der Waals surface area (Å²) in [6.45, 7) is 5.47. The van der Waals surface area contributed by atoms with Crippen LogP contribution in [0.15, 0.2) is 17.6 Å². The average molecular weight is 351 g/mol. The number of hydrogen-bond acceptors (Lipinski definition) is 5. The van der Waals surface area contributed by atoms with E-state index in [2.05, 4.69) is 25.8 Å². The molecule has 2 rings (SSSR count). The number of aromatic nitrogens is 3. The van der Waals surface area contributed by atoms with Crippen LogP contribution in [-0.2, 0) is 11.3 Å². The summed E-state index contributed by atoms with van der Waals surface area (Å²) in [6.07, 6.45) is 7.14. The lowest BCUT2D eigenvalue weighted by molar-refractivity contribution is 0.0963. The number of nitrogens with one attached hydrogen (secondary N) is 2. The van der Waals surface area contributed by atoms with Crippen molar-refractivity contribution in [3.63, 3.8) is 0 Å². The van der Waals surface area contributed by atoms with Crippen LogP contribution in [0.4, 0.5) is 4.79 Å². The van der Waals surface area contributed by atoms with E-state index in [0.717, 1.165) is 44.7 Å². The third-order valence-electron chi connectivity index (χ3n) is 4.19. The first-order valence-corrected chi connectivity index (χ1v) is 8.94. The van der Waals surface area contributed by atoms with Crippen LogP contribution in [0, 0.1) is 0 Å². The van der Waals surface area contributed by atoms with Crippen molar-refractivity contribution in [2.45, 2.75) is 45.2 Å². The number of aryl methyl sites for hydroxylation is 1. The lowest BCUT2D eigenvalue weighted by Gasteiger charge is -2.32. The molecule has 0 radical (unpaired) electrons. The van der Waals surface area contributed by atoms with E-state index in [1.54, 1.807) is 24.6 Å². The summed E-state index contributed by atoms with van der Waals surface area (Å²) in [5.74, 6) is 0.818. The maximum absolute atomic E-state index is 11.7. The van der Waals surface area contributed by atoms with Gasteiger partial charge in [0.1, 0.15) is 12.7 Å². The predicted molar refractivity (Wildman–Crippen MR) is 95.4 cm³/mol. The minimum Gasteiger partial charge on any atom is -0.450 e. The second kappa shape index (κ2) is 10.5. The average Bonchev–Trinajstić information content (AvgIpc) is 3.14. The van der Waals surface area contributed by atoms with Gasteiger partial charge in [-0.1, -0.05) is 0 Å². The third kappa shape index (κ3) is 6.60. The number of rotatable bonds is 7. The highest BCUT2D eigenvalue weighted by Gasteiger charge is 2.23. The largest absolute Gasteiger partial charge is 0.450 e. The van der Waals surface area contributed by atoms with Gasteiger partial charge in [-0.15, -0.1) is 10.2 Å². The molecule has 1 aliphatic rings. The van der Waals surface area contributed by atoms with E-state index in [1.165, 1.54) is 0 Å². The van der Waals surface area contributed by atoms with Gasteiger partial charge in [-0.2, -0.15) is 0 Å². The Hall–Kier alpha value is -2.32. The predicted octanol–water partition coefficient (Wildman–Crippen LogP) is 0.844. The zero-order valence-electron chi connectivity index (χ0n) is 15.1. The van der Waals surface area contributed by atoms with Gasteiger partial charge in [-0.05, 0) is 32.6 Å². The standard InChI is InChI=1S/C16H29N7O2/c1-3-25-16(24)23-10-6-14(7-11-23)21-15(17-2)18-8-4-5-9-22-12-19-20-13-22/h12-14H,3-11H2,1-2H3,(H2,17,18,21). The Morgan fingerprint density at radius 3 is 2.64 bits per heavy atom. The minimum absolute atomic E-state index is 0.212. The summed E-state index contributed by atoms with van der Waals surface area (Å²) < 4.78 is 7.02. The van der Waals surface area contributed by atoms with E-state index in [4.69, 9.17) is 4.74 Å². The van der Waals surface area contributed by atoms with Gasteiger partial charge in [0.25, 0.3) is 0 Å². The van der Waals surface area contributed by atoms with Gasteiger partial charge < -0.3 is 24.8 Å². The van der Waals surface area contributed by atoms with Crippen LogP contribution in [0.1, 0.15) is 32.6 Å². The number of unbranched alkanes of at least 4 members (excludes halogenated alkanes) is 1.